The van der Waals surface area contributed by atoms with E-state index in [1.54, 1.807) is 0 Å². The summed E-state index contributed by atoms with van der Waals surface area (Å²) in [5, 5.41) is 0. The highest BCUT2D eigenvalue weighted by atomic mass is 31.2. The van der Waals surface area contributed by atoms with Gasteiger partial charge in [-0.15, -0.1) is 0 Å². The van der Waals surface area contributed by atoms with E-state index in [9.17, 15) is 9.46 Å². The molecule has 1 aromatic heterocycles. The molecule has 0 unspecified atom stereocenters. The largest absolute Gasteiger partial charge is 0.799 e. The lowest BCUT2D eigenvalue weighted by Gasteiger charge is -2.30. The van der Waals surface area contributed by atoms with Gasteiger partial charge in [-0.3, -0.25) is 0 Å². The highest BCUT2D eigenvalue weighted by Crippen LogP contribution is 2.42. The first-order valence-corrected chi connectivity index (χ1v) is 10.5. The summed E-state index contributed by atoms with van der Waals surface area (Å²) >= 11 is 0. The Morgan fingerprint density at radius 3 is 1.70 bits per heavy atom. The van der Waals surface area contributed by atoms with Crippen molar-refractivity contribution in [3.63, 3.8) is 0 Å². The first-order valence-electron chi connectivity index (χ1n) is 8.54. The molecule has 4 nitrogen and oxygen atoms in total. The number of imidazole rings is 1. The van der Waals surface area contributed by atoms with Crippen LogP contribution in [-0.2, 0) is 18.2 Å². The fourth-order valence-electron chi connectivity index (χ4n) is 1.81. The van der Waals surface area contributed by atoms with Crippen molar-refractivity contribution in [3.8, 4) is 0 Å². The molecule has 0 N–H and O–H groups in total. The van der Waals surface area contributed by atoms with E-state index in [0.717, 1.165) is 19.4 Å². The minimum Gasteiger partial charge on any atom is -0.799 e. The van der Waals surface area contributed by atoms with E-state index in [1.807, 2.05) is 17.8 Å². The molecule has 23 heavy (non-hydrogen) atoms. The van der Waals surface area contributed by atoms with Gasteiger partial charge in [0.15, 0.2) is 0 Å². The summed E-state index contributed by atoms with van der Waals surface area (Å²) in [6.07, 6.45) is 8.37. The molecule has 0 radical (unpaired) electrons. The van der Waals surface area contributed by atoms with Gasteiger partial charge in [0.2, 0.25) is 6.33 Å². The van der Waals surface area contributed by atoms with E-state index in [-0.39, 0.29) is 10.8 Å². The van der Waals surface area contributed by atoms with Gasteiger partial charge in [-0.1, -0.05) is 41.5 Å². The molecule has 0 amide bonds. The first kappa shape index (κ1) is 22.4. The van der Waals surface area contributed by atoms with Crippen molar-refractivity contribution in [2.24, 2.45) is 17.9 Å². The topological polar surface area (TPSA) is 48.9 Å². The Balaban J connectivity index is 0.000000502. The monoisotopic (exact) mass is 344 g/mol. The lowest BCUT2D eigenvalue weighted by atomic mass is 9.93. The molecule has 0 fully saturated rings. The maximum atomic E-state index is 11.8. The van der Waals surface area contributed by atoms with Gasteiger partial charge in [0.1, 0.15) is 12.4 Å². The summed E-state index contributed by atoms with van der Waals surface area (Å²) in [7, 11) is -1.12. The molecule has 136 valence electrons. The maximum absolute atomic E-state index is 11.8. The normalized spacial score (nSPS) is 12.7. The zero-order chi connectivity index (χ0) is 18.3. The van der Waals surface area contributed by atoms with Crippen LogP contribution >= 0.6 is 7.37 Å². The maximum Gasteiger partial charge on any atom is 0.243 e. The van der Waals surface area contributed by atoms with E-state index in [0.29, 0.717) is 12.3 Å². The lowest BCUT2D eigenvalue weighted by Crippen LogP contribution is -2.23. The average Bonchev–Trinajstić information content (AvgIpc) is 2.80. The fraction of sp³-hybridized carbons (Fsp3) is 0.833. The Morgan fingerprint density at radius 1 is 1.04 bits per heavy atom. The van der Waals surface area contributed by atoms with E-state index in [4.69, 9.17) is 0 Å². The lowest BCUT2D eigenvalue weighted by molar-refractivity contribution is -0.671. The molecule has 0 aliphatic rings. The number of hydrogen-bond donors (Lipinski definition) is 0. The Labute approximate surface area is 143 Å². The average molecular weight is 344 g/mol. The van der Waals surface area contributed by atoms with Crippen LogP contribution in [0.15, 0.2) is 18.7 Å². The molecular formula is C18H37N2O2P. The molecule has 0 bridgehead atoms. The van der Waals surface area contributed by atoms with Crippen molar-refractivity contribution in [1.29, 1.82) is 0 Å². The fourth-order valence-corrected chi connectivity index (χ4v) is 4.06. The predicted octanol–water partition coefficient (Wildman–Crippen LogP) is 3.83. The molecule has 1 heterocycles. The highest BCUT2D eigenvalue weighted by molar-refractivity contribution is 7.56. The second-order valence-corrected chi connectivity index (χ2v) is 11.3. The molecule has 0 aliphatic carbocycles. The number of aromatic nitrogens is 2. The Bertz CT molecular complexity index is 474. The summed E-state index contributed by atoms with van der Waals surface area (Å²) < 4.78 is 15.9. The molecule has 0 aromatic carbocycles. The van der Waals surface area contributed by atoms with Crippen molar-refractivity contribution in [2.45, 2.75) is 67.9 Å². The third-order valence-electron chi connectivity index (χ3n) is 3.59. The van der Waals surface area contributed by atoms with Gasteiger partial charge in [-0.2, -0.15) is 0 Å². The summed E-state index contributed by atoms with van der Waals surface area (Å²) in [5.74, 6) is 0. The molecule has 1 aromatic rings. The van der Waals surface area contributed by atoms with E-state index in [2.05, 4.69) is 65.6 Å². The summed E-state index contributed by atoms with van der Waals surface area (Å²) in [5.41, 5.74) is 0.226. The SMILES string of the molecule is CC(C)(C)CCP(=O)([O-])CCC(C)(C)C.CCn1cc[n+](C)c1. The second-order valence-electron chi connectivity index (χ2n) is 8.79. The van der Waals surface area contributed by atoms with E-state index in [1.165, 1.54) is 0 Å². The predicted molar refractivity (Wildman–Crippen MR) is 96.8 cm³/mol. The minimum absolute atomic E-state index is 0.113. The molecule has 0 saturated heterocycles. The van der Waals surface area contributed by atoms with Crippen LogP contribution in [0.25, 0.3) is 0 Å². The van der Waals surface area contributed by atoms with Gasteiger partial charge in [-0.05, 0) is 42.9 Å². The van der Waals surface area contributed by atoms with Crippen LogP contribution in [0, 0.1) is 10.8 Å². The number of rotatable bonds is 5. The van der Waals surface area contributed by atoms with Crippen molar-refractivity contribution < 1.29 is 14.0 Å². The Kier molecular flexibility index (Phi) is 8.80. The molecule has 0 atom stereocenters. The highest BCUT2D eigenvalue weighted by Gasteiger charge is 2.18. The van der Waals surface area contributed by atoms with Crippen molar-refractivity contribution >= 4 is 7.37 Å². The van der Waals surface area contributed by atoms with Gasteiger partial charge in [0.25, 0.3) is 0 Å². The van der Waals surface area contributed by atoms with Gasteiger partial charge < -0.3 is 9.46 Å². The van der Waals surface area contributed by atoms with Crippen LogP contribution < -0.4 is 9.46 Å². The van der Waals surface area contributed by atoms with E-state index < -0.39 is 7.37 Å². The number of aryl methyl sites for hydroxylation is 2. The summed E-state index contributed by atoms with van der Waals surface area (Å²) in [4.78, 5) is 11.8. The Hall–Kier alpha value is -0.600. The van der Waals surface area contributed by atoms with E-state index >= 15 is 0 Å². The molecule has 0 saturated carbocycles. The molecule has 5 heteroatoms. The van der Waals surface area contributed by atoms with Crippen LogP contribution in [-0.4, -0.2) is 16.9 Å². The van der Waals surface area contributed by atoms with Crippen molar-refractivity contribution in [2.75, 3.05) is 12.3 Å². The van der Waals surface area contributed by atoms with Crippen molar-refractivity contribution in [3.05, 3.63) is 18.7 Å². The Morgan fingerprint density at radius 2 is 1.48 bits per heavy atom. The second kappa shape index (κ2) is 9.03. The van der Waals surface area contributed by atoms with Crippen LogP contribution in [0.4, 0.5) is 0 Å². The molecule has 1 rings (SSSR count). The molecule has 0 spiro atoms. The third kappa shape index (κ3) is 13.5. The molecule has 0 aliphatic heterocycles. The van der Waals surface area contributed by atoms with Crippen molar-refractivity contribution in [1.82, 2.24) is 4.57 Å². The van der Waals surface area contributed by atoms with Gasteiger partial charge in [0, 0.05) is 7.37 Å². The van der Waals surface area contributed by atoms with Crippen LogP contribution in [0.3, 0.4) is 0 Å². The minimum atomic E-state index is -3.14. The number of hydrogen-bond acceptors (Lipinski definition) is 2. The van der Waals surface area contributed by atoms with Crippen LogP contribution in [0.1, 0.15) is 61.3 Å². The molecular weight excluding hydrogens is 307 g/mol. The van der Waals surface area contributed by atoms with Crippen LogP contribution in [0.2, 0.25) is 0 Å². The first-order chi connectivity index (χ1) is 10.2. The smallest absolute Gasteiger partial charge is 0.243 e. The zero-order valence-corrected chi connectivity index (χ0v) is 17.3. The zero-order valence-electron chi connectivity index (χ0n) is 16.4. The van der Waals surface area contributed by atoms with Gasteiger partial charge >= 0.3 is 0 Å². The number of nitrogens with zero attached hydrogens (tertiary/aromatic N) is 2. The summed E-state index contributed by atoms with van der Waals surface area (Å²) in [6.45, 7) is 15.7. The summed E-state index contributed by atoms with van der Waals surface area (Å²) in [6, 6.07) is 0. The quantitative estimate of drug-likeness (QED) is 0.602. The standard InChI is InChI=1S/C12H27O2P.C6H11N2/c1-11(2,3)7-9-15(13,14)10-8-12(4,5)6;1-3-8-5-4-7(2)6-8/h7-10H2,1-6H3,(H,13,14);4-6H,3H2,1-2H3/q;+1/p-1. The van der Waals surface area contributed by atoms with Crippen LogP contribution in [0.5, 0.6) is 0 Å². The van der Waals surface area contributed by atoms with Gasteiger partial charge in [-0.25, -0.2) is 9.13 Å². The van der Waals surface area contributed by atoms with Gasteiger partial charge in [0.05, 0.1) is 13.6 Å². The third-order valence-corrected chi connectivity index (χ3v) is 5.40.